The van der Waals surface area contributed by atoms with Crippen molar-refractivity contribution in [2.45, 2.75) is 25.7 Å². The largest absolute Gasteiger partial charge is 0.416 e. The fraction of sp³-hybridized carbons (Fsp3) is 0.412. The maximum absolute atomic E-state index is 12.7. The van der Waals surface area contributed by atoms with Gasteiger partial charge >= 0.3 is 6.18 Å². The van der Waals surface area contributed by atoms with E-state index < -0.39 is 11.7 Å². The van der Waals surface area contributed by atoms with Crippen molar-refractivity contribution < 1.29 is 18.0 Å². The topological polar surface area (TPSA) is 50.2 Å². The summed E-state index contributed by atoms with van der Waals surface area (Å²) in [7, 11) is 1.92. The second-order valence-electron chi connectivity index (χ2n) is 6.18. The minimum absolute atomic E-state index is 0.0769. The van der Waals surface area contributed by atoms with E-state index in [4.69, 9.17) is 0 Å². The summed E-state index contributed by atoms with van der Waals surface area (Å²) < 4.78 is 40.1. The number of fused-ring (bicyclic) bond motifs is 1. The highest BCUT2D eigenvalue weighted by Crippen LogP contribution is 2.29. The molecule has 0 fully saturated rings. The first-order valence-corrected chi connectivity index (χ1v) is 7.97. The summed E-state index contributed by atoms with van der Waals surface area (Å²) in [6.45, 7) is 1.67. The Morgan fingerprint density at radius 2 is 2.16 bits per heavy atom. The highest BCUT2D eigenvalue weighted by molar-refractivity contribution is 5.78. The average Bonchev–Trinajstić information content (AvgIpc) is 2.93. The summed E-state index contributed by atoms with van der Waals surface area (Å²) in [5.41, 5.74) is 1.87. The molecule has 0 saturated carbocycles. The van der Waals surface area contributed by atoms with E-state index in [2.05, 4.69) is 10.3 Å². The number of halogens is 3. The third kappa shape index (κ3) is 4.19. The van der Waals surface area contributed by atoms with Gasteiger partial charge in [0.1, 0.15) is 0 Å². The number of hydrogen-bond acceptors (Lipinski definition) is 3. The van der Waals surface area contributed by atoms with Gasteiger partial charge in [-0.25, -0.2) is 4.98 Å². The van der Waals surface area contributed by atoms with Crippen LogP contribution in [0.3, 0.4) is 0 Å². The molecule has 25 heavy (non-hydrogen) atoms. The van der Waals surface area contributed by atoms with Crippen LogP contribution in [0.25, 0.3) is 0 Å². The predicted molar refractivity (Wildman–Crippen MR) is 85.5 cm³/mol. The first kappa shape index (κ1) is 17.5. The highest BCUT2D eigenvalue weighted by Gasteiger charge is 2.30. The van der Waals surface area contributed by atoms with Crippen molar-refractivity contribution in [1.29, 1.82) is 0 Å². The minimum Gasteiger partial charge on any atom is -0.351 e. The molecule has 5 nitrogen and oxygen atoms in total. The molecule has 0 radical (unpaired) electrons. The van der Waals surface area contributed by atoms with Crippen LogP contribution in [-0.4, -0.2) is 33.4 Å². The molecule has 0 atom stereocenters. The molecule has 1 N–H and O–H groups in total. The van der Waals surface area contributed by atoms with Crippen LogP contribution in [0, 0.1) is 0 Å². The van der Waals surface area contributed by atoms with Crippen molar-refractivity contribution in [1.82, 2.24) is 19.8 Å². The van der Waals surface area contributed by atoms with E-state index in [0.717, 1.165) is 36.5 Å². The van der Waals surface area contributed by atoms with Gasteiger partial charge in [-0.3, -0.25) is 9.69 Å². The van der Waals surface area contributed by atoms with Gasteiger partial charge in [-0.05, 0) is 17.7 Å². The second-order valence-corrected chi connectivity index (χ2v) is 6.18. The molecule has 1 aromatic carbocycles. The number of alkyl halides is 3. The van der Waals surface area contributed by atoms with Gasteiger partial charge in [0.25, 0.3) is 0 Å². The third-order valence-corrected chi connectivity index (χ3v) is 4.30. The molecule has 0 bridgehead atoms. The molecule has 1 aliphatic heterocycles. The summed E-state index contributed by atoms with van der Waals surface area (Å²) in [4.78, 5) is 18.4. The molecule has 1 aromatic heterocycles. The number of carbonyl (C=O) groups is 1. The molecular weight excluding hydrogens is 333 g/mol. The molecule has 0 unspecified atom stereocenters. The lowest BCUT2D eigenvalue weighted by molar-refractivity contribution is -0.137. The molecule has 2 aromatic rings. The molecule has 134 valence electrons. The van der Waals surface area contributed by atoms with Crippen LogP contribution in [0.15, 0.2) is 30.6 Å². The van der Waals surface area contributed by atoms with Gasteiger partial charge in [-0.1, -0.05) is 12.1 Å². The van der Waals surface area contributed by atoms with Crippen molar-refractivity contribution in [3.05, 3.63) is 53.1 Å². The van der Waals surface area contributed by atoms with Crippen molar-refractivity contribution in [3.8, 4) is 0 Å². The van der Waals surface area contributed by atoms with E-state index in [1.165, 1.54) is 6.07 Å². The zero-order valence-corrected chi connectivity index (χ0v) is 13.8. The number of imidazole rings is 1. The fourth-order valence-corrected chi connectivity index (χ4v) is 2.92. The second kappa shape index (κ2) is 6.87. The van der Waals surface area contributed by atoms with Crippen LogP contribution in [0.1, 0.15) is 22.5 Å². The number of aryl methyl sites for hydroxylation is 1. The van der Waals surface area contributed by atoms with E-state index >= 15 is 0 Å². The number of hydrogen-bond donors (Lipinski definition) is 1. The summed E-state index contributed by atoms with van der Waals surface area (Å²) >= 11 is 0. The Bertz CT molecular complexity index is 769. The van der Waals surface area contributed by atoms with Gasteiger partial charge in [0.2, 0.25) is 5.91 Å². The quantitative estimate of drug-likeness (QED) is 0.917. The number of nitrogens with zero attached hydrogens (tertiary/aromatic N) is 3. The Morgan fingerprint density at radius 3 is 2.92 bits per heavy atom. The van der Waals surface area contributed by atoms with Crippen LogP contribution in [0.2, 0.25) is 0 Å². The van der Waals surface area contributed by atoms with Crippen LogP contribution < -0.4 is 5.32 Å². The van der Waals surface area contributed by atoms with Gasteiger partial charge in [-0.2, -0.15) is 13.2 Å². The van der Waals surface area contributed by atoms with Crippen LogP contribution in [-0.2, 0) is 37.5 Å². The molecular formula is C17H19F3N4O. The predicted octanol–water partition coefficient (Wildman–Crippen LogP) is 2.11. The third-order valence-electron chi connectivity index (χ3n) is 4.30. The molecule has 2 heterocycles. The van der Waals surface area contributed by atoms with E-state index in [0.29, 0.717) is 12.1 Å². The number of benzene rings is 1. The highest BCUT2D eigenvalue weighted by atomic mass is 19.4. The summed E-state index contributed by atoms with van der Waals surface area (Å²) in [5.74, 6) is -0.206. The molecule has 0 aliphatic carbocycles. The normalized spacial score (nSPS) is 15.0. The van der Waals surface area contributed by atoms with Gasteiger partial charge in [0.15, 0.2) is 0 Å². The minimum atomic E-state index is -4.38. The number of nitrogens with one attached hydrogen (secondary N) is 1. The first-order chi connectivity index (χ1) is 11.8. The Morgan fingerprint density at radius 1 is 1.36 bits per heavy atom. The lowest BCUT2D eigenvalue weighted by Gasteiger charge is -2.26. The molecule has 0 saturated heterocycles. The van der Waals surface area contributed by atoms with E-state index in [1.54, 1.807) is 12.4 Å². The number of rotatable bonds is 4. The van der Waals surface area contributed by atoms with Crippen molar-refractivity contribution >= 4 is 5.91 Å². The number of carbonyl (C=O) groups excluding carboxylic acids is 1. The average molecular weight is 352 g/mol. The maximum Gasteiger partial charge on any atom is 0.416 e. The molecule has 0 spiro atoms. The molecule has 8 heteroatoms. The Balaban J connectivity index is 1.53. The number of amides is 1. The Kier molecular flexibility index (Phi) is 4.80. The zero-order valence-electron chi connectivity index (χ0n) is 13.8. The first-order valence-electron chi connectivity index (χ1n) is 7.97. The fourth-order valence-electron chi connectivity index (χ4n) is 2.92. The van der Waals surface area contributed by atoms with E-state index in [-0.39, 0.29) is 19.0 Å². The lowest BCUT2D eigenvalue weighted by atomic mass is 10.1. The van der Waals surface area contributed by atoms with Crippen LogP contribution in [0.5, 0.6) is 0 Å². The van der Waals surface area contributed by atoms with E-state index in [9.17, 15) is 18.0 Å². The van der Waals surface area contributed by atoms with Crippen LogP contribution in [0.4, 0.5) is 13.2 Å². The summed E-state index contributed by atoms with van der Waals surface area (Å²) in [5, 5.41) is 2.69. The standard InChI is InChI=1S/C17H19F3N4O/c1-23-11-22-14-5-6-24(9-15(14)23)10-16(25)21-8-12-3-2-4-13(7-12)17(18,19)20/h2-4,7,11H,5-6,8-10H2,1H3,(H,21,25). The van der Waals surface area contributed by atoms with Gasteiger partial charge in [0, 0.05) is 33.1 Å². The maximum atomic E-state index is 12.7. The Hall–Kier alpha value is -2.35. The van der Waals surface area contributed by atoms with E-state index in [1.807, 2.05) is 16.5 Å². The lowest BCUT2D eigenvalue weighted by Crippen LogP contribution is -2.40. The van der Waals surface area contributed by atoms with Gasteiger partial charge in [-0.15, -0.1) is 0 Å². The monoisotopic (exact) mass is 352 g/mol. The zero-order chi connectivity index (χ0) is 18.0. The van der Waals surface area contributed by atoms with Gasteiger partial charge < -0.3 is 9.88 Å². The van der Waals surface area contributed by atoms with Crippen LogP contribution >= 0.6 is 0 Å². The van der Waals surface area contributed by atoms with Gasteiger partial charge in [0.05, 0.1) is 29.8 Å². The van der Waals surface area contributed by atoms with Crippen molar-refractivity contribution in [3.63, 3.8) is 0 Å². The summed E-state index contributed by atoms with van der Waals surface area (Å²) in [6, 6.07) is 4.99. The number of aromatic nitrogens is 2. The Labute approximate surface area is 143 Å². The van der Waals surface area contributed by atoms with Crippen molar-refractivity contribution in [2.24, 2.45) is 7.05 Å². The SMILES string of the molecule is Cn1cnc2c1CN(CC(=O)NCc1cccc(C(F)(F)F)c1)CC2. The molecule has 1 aliphatic rings. The molecule has 3 rings (SSSR count). The van der Waals surface area contributed by atoms with Crippen molar-refractivity contribution in [2.75, 3.05) is 13.1 Å². The summed E-state index contributed by atoms with van der Waals surface area (Å²) in [6.07, 6.45) is -1.83. The smallest absolute Gasteiger partial charge is 0.351 e. The molecule has 1 amide bonds.